The average Bonchev–Trinajstić information content (AvgIpc) is 2.81. The summed E-state index contributed by atoms with van der Waals surface area (Å²) >= 11 is 0. The number of nitrogens with zero attached hydrogens (tertiary/aromatic N) is 2. The number of ether oxygens (including phenoxy) is 1. The summed E-state index contributed by atoms with van der Waals surface area (Å²) < 4.78 is 8.31. The highest BCUT2D eigenvalue weighted by Gasteiger charge is 2.11. The number of methoxy groups -OCH3 is 1. The zero-order valence-corrected chi connectivity index (χ0v) is 11.8. The second-order valence-electron chi connectivity index (χ2n) is 4.72. The van der Waals surface area contributed by atoms with Crippen LogP contribution in [0.2, 0.25) is 0 Å². The van der Waals surface area contributed by atoms with E-state index in [-0.39, 0.29) is 12.2 Å². The van der Waals surface area contributed by atoms with Gasteiger partial charge < -0.3 is 9.84 Å². The molecule has 0 bridgehead atoms. The standard InChI is InChI=1S/C15H20N2O3/c1-3-7-16-8-9-17(15(16)19)11-14(18)12-5-4-6-13(10-12)20-2/h4-6,8-10,14,18H,3,7,11H2,1-2H3. The van der Waals surface area contributed by atoms with E-state index in [0.29, 0.717) is 12.3 Å². The highest BCUT2D eigenvalue weighted by atomic mass is 16.5. The first-order valence-electron chi connectivity index (χ1n) is 6.73. The van der Waals surface area contributed by atoms with Crippen molar-refractivity contribution < 1.29 is 9.84 Å². The predicted octanol–water partition coefficient (Wildman–Crippen LogP) is 1.80. The lowest BCUT2D eigenvalue weighted by atomic mass is 10.1. The predicted molar refractivity (Wildman–Crippen MR) is 76.9 cm³/mol. The van der Waals surface area contributed by atoms with Gasteiger partial charge in [-0.05, 0) is 24.1 Å². The number of imidazole rings is 1. The van der Waals surface area contributed by atoms with Gasteiger partial charge in [0.15, 0.2) is 0 Å². The van der Waals surface area contributed by atoms with Gasteiger partial charge in [-0.15, -0.1) is 0 Å². The molecule has 0 saturated carbocycles. The van der Waals surface area contributed by atoms with Crippen molar-refractivity contribution in [2.45, 2.75) is 32.5 Å². The van der Waals surface area contributed by atoms with Crippen molar-refractivity contribution in [1.29, 1.82) is 0 Å². The van der Waals surface area contributed by atoms with Crippen molar-refractivity contribution >= 4 is 0 Å². The molecule has 1 heterocycles. The summed E-state index contributed by atoms with van der Waals surface area (Å²) in [5.74, 6) is 0.692. The Kier molecular flexibility index (Phi) is 4.63. The molecule has 0 aliphatic rings. The normalized spacial score (nSPS) is 12.3. The molecule has 0 amide bonds. The van der Waals surface area contributed by atoms with Crippen molar-refractivity contribution in [3.63, 3.8) is 0 Å². The van der Waals surface area contributed by atoms with Crippen molar-refractivity contribution in [3.05, 3.63) is 52.7 Å². The summed E-state index contributed by atoms with van der Waals surface area (Å²) in [5.41, 5.74) is 0.647. The number of aryl methyl sites for hydroxylation is 1. The highest BCUT2D eigenvalue weighted by Crippen LogP contribution is 2.19. The molecule has 1 N–H and O–H groups in total. The van der Waals surface area contributed by atoms with Crippen molar-refractivity contribution in [2.75, 3.05) is 7.11 Å². The Balaban J connectivity index is 2.14. The van der Waals surface area contributed by atoms with Gasteiger partial charge in [0.25, 0.3) is 0 Å². The minimum Gasteiger partial charge on any atom is -0.497 e. The van der Waals surface area contributed by atoms with E-state index in [4.69, 9.17) is 4.74 Å². The lowest BCUT2D eigenvalue weighted by Crippen LogP contribution is -2.26. The molecule has 2 aromatic rings. The number of aromatic nitrogens is 2. The van der Waals surface area contributed by atoms with Crippen molar-refractivity contribution in [1.82, 2.24) is 9.13 Å². The van der Waals surface area contributed by atoms with Crippen LogP contribution in [0.1, 0.15) is 25.0 Å². The number of benzene rings is 1. The topological polar surface area (TPSA) is 56.4 Å². The van der Waals surface area contributed by atoms with Gasteiger partial charge in [0.2, 0.25) is 0 Å². The van der Waals surface area contributed by atoms with E-state index in [1.807, 2.05) is 25.1 Å². The van der Waals surface area contributed by atoms with Gasteiger partial charge in [-0.1, -0.05) is 19.1 Å². The van der Waals surface area contributed by atoms with Crippen LogP contribution in [0.25, 0.3) is 0 Å². The van der Waals surface area contributed by atoms with Crippen LogP contribution in [0, 0.1) is 0 Å². The first-order valence-corrected chi connectivity index (χ1v) is 6.73. The molecule has 5 heteroatoms. The first-order chi connectivity index (χ1) is 9.65. The molecule has 20 heavy (non-hydrogen) atoms. The van der Waals surface area contributed by atoms with Crippen LogP contribution in [0.3, 0.4) is 0 Å². The second kappa shape index (κ2) is 6.43. The maximum absolute atomic E-state index is 12.0. The molecule has 5 nitrogen and oxygen atoms in total. The zero-order valence-electron chi connectivity index (χ0n) is 11.8. The minimum atomic E-state index is -0.736. The van der Waals surface area contributed by atoms with Gasteiger partial charge in [0.1, 0.15) is 5.75 Å². The Morgan fingerprint density at radius 3 is 2.75 bits per heavy atom. The van der Waals surface area contributed by atoms with E-state index >= 15 is 0 Å². The van der Waals surface area contributed by atoms with Crippen LogP contribution < -0.4 is 10.4 Å². The lowest BCUT2D eigenvalue weighted by Gasteiger charge is -2.12. The molecular weight excluding hydrogens is 256 g/mol. The SMILES string of the molecule is CCCn1ccn(CC(O)c2cccc(OC)c2)c1=O. The van der Waals surface area contributed by atoms with Crippen LogP contribution in [-0.4, -0.2) is 21.4 Å². The minimum absolute atomic E-state index is 0.0891. The molecule has 0 saturated heterocycles. The van der Waals surface area contributed by atoms with E-state index in [9.17, 15) is 9.90 Å². The summed E-state index contributed by atoms with van der Waals surface area (Å²) in [5, 5.41) is 10.2. The molecule has 1 unspecified atom stereocenters. The molecule has 1 aromatic carbocycles. The summed E-state index contributed by atoms with van der Waals surface area (Å²) in [4.78, 5) is 12.0. The summed E-state index contributed by atoms with van der Waals surface area (Å²) in [6.45, 7) is 2.96. The summed E-state index contributed by atoms with van der Waals surface area (Å²) in [6, 6.07) is 7.24. The molecule has 2 rings (SSSR count). The third-order valence-corrected chi connectivity index (χ3v) is 3.23. The molecule has 0 aliphatic carbocycles. The fraction of sp³-hybridized carbons (Fsp3) is 0.400. The Labute approximate surface area is 118 Å². The number of aliphatic hydroxyl groups is 1. The van der Waals surface area contributed by atoms with Crippen molar-refractivity contribution in [2.24, 2.45) is 0 Å². The third kappa shape index (κ3) is 3.11. The number of hydrogen-bond donors (Lipinski definition) is 1. The number of hydrogen-bond acceptors (Lipinski definition) is 3. The van der Waals surface area contributed by atoms with Crippen LogP contribution in [0.15, 0.2) is 41.5 Å². The third-order valence-electron chi connectivity index (χ3n) is 3.23. The molecule has 108 valence electrons. The molecular formula is C15H20N2O3. The van der Waals surface area contributed by atoms with Crippen LogP contribution in [-0.2, 0) is 13.1 Å². The smallest absolute Gasteiger partial charge is 0.328 e. The van der Waals surface area contributed by atoms with E-state index in [1.165, 1.54) is 4.57 Å². The average molecular weight is 276 g/mol. The van der Waals surface area contributed by atoms with Crippen LogP contribution in [0.4, 0.5) is 0 Å². The number of rotatable bonds is 6. The van der Waals surface area contributed by atoms with E-state index < -0.39 is 6.10 Å². The quantitative estimate of drug-likeness (QED) is 0.875. The Hall–Kier alpha value is -2.01. The highest BCUT2D eigenvalue weighted by molar-refractivity contribution is 5.29. The molecule has 0 fully saturated rings. The lowest BCUT2D eigenvalue weighted by molar-refractivity contribution is 0.154. The maximum atomic E-state index is 12.0. The van der Waals surface area contributed by atoms with Crippen molar-refractivity contribution in [3.8, 4) is 5.75 Å². The number of aliphatic hydroxyl groups excluding tert-OH is 1. The van der Waals surface area contributed by atoms with Crippen LogP contribution >= 0.6 is 0 Å². The molecule has 1 atom stereocenters. The summed E-state index contributed by atoms with van der Waals surface area (Å²) in [7, 11) is 1.58. The van der Waals surface area contributed by atoms with E-state index in [0.717, 1.165) is 12.0 Å². The Morgan fingerprint density at radius 1 is 1.30 bits per heavy atom. The second-order valence-corrected chi connectivity index (χ2v) is 4.72. The van der Waals surface area contributed by atoms with Gasteiger partial charge >= 0.3 is 5.69 Å². The Bertz CT molecular complexity index is 616. The van der Waals surface area contributed by atoms with E-state index in [1.54, 1.807) is 30.1 Å². The molecule has 0 spiro atoms. The maximum Gasteiger partial charge on any atom is 0.328 e. The fourth-order valence-electron chi connectivity index (χ4n) is 2.14. The van der Waals surface area contributed by atoms with Gasteiger partial charge in [-0.3, -0.25) is 9.13 Å². The Morgan fingerprint density at radius 2 is 2.05 bits per heavy atom. The first kappa shape index (κ1) is 14.4. The molecule has 1 aromatic heterocycles. The monoisotopic (exact) mass is 276 g/mol. The summed E-state index contributed by atoms with van der Waals surface area (Å²) in [6.07, 6.45) is 3.63. The fourth-order valence-corrected chi connectivity index (χ4v) is 2.14. The van der Waals surface area contributed by atoms with Crippen LogP contribution in [0.5, 0.6) is 5.75 Å². The molecule has 0 aliphatic heterocycles. The zero-order chi connectivity index (χ0) is 14.5. The van der Waals surface area contributed by atoms with Gasteiger partial charge in [0, 0.05) is 18.9 Å². The largest absolute Gasteiger partial charge is 0.497 e. The van der Waals surface area contributed by atoms with Gasteiger partial charge in [0.05, 0.1) is 19.8 Å². The van der Waals surface area contributed by atoms with E-state index in [2.05, 4.69) is 0 Å². The van der Waals surface area contributed by atoms with Gasteiger partial charge in [-0.25, -0.2) is 4.79 Å². The molecule has 0 radical (unpaired) electrons. The van der Waals surface area contributed by atoms with Gasteiger partial charge in [-0.2, -0.15) is 0 Å².